The molecule has 1 rings (SSSR count). The van der Waals surface area contributed by atoms with E-state index in [0.717, 1.165) is 19.4 Å². The second-order valence-corrected chi connectivity index (χ2v) is 7.35. The molecule has 0 aliphatic carbocycles. The number of hydrogen-bond donors (Lipinski definition) is 3. The summed E-state index contributed by atoms with van der Waals surface area (Å²) in [6, 6.07) is -0.691. The van der Waals surface area contributed by atoms with Gasteiger partial charge in [0, 0.05) is 0 Å². The normalized spacial score (nSPS) is 16.7. The number of hydrogen-bond acceptors (Lipinski definition) is 7. The van der Waals surface area contributed by atoms with Gasteiger partial charge in [-0.15, -0.1) is 0 Å². The molecule has 28 heavy (non-hydrogen) atoms. The van der Waals surface area contributed by atoms with Crippen molar-refractivity contribution in [3.05, 3.63) is 0 Å². The maximum atomic E-state index is 11.8. The summed E-state index contributed by atoms with van der Waals surface area (Å²) in [7, 11) is 0. The van der Waals surface area contributed by atoms with E-state index in [0.29, 0.717) is 6.42 Å². The summed E-state index contributed by atoms with van der Waals surface area (Å²) in [5, 5.41) is 14.1. The Balaban J connectivity index is 0. The highest BCUT2D eigenvalue weighted by molar-refractivity contribution is 5.87. The molecule has 0 spiro atoms. The number of aliphatic hydroxyl groups is 1. The van der Waals surface area contributed by atoms with Crippen LogP contribution in [0, 0.1) is 0 Å². The molecule has 0 radical (unpaired) electrons. The third-order valence-electron chi connectivity index (χ3n) is 3.29. The molecule has 0 aromatic heterocycles. The van der Waals surface area contributed by atoms with Crippen LogP contribution in [-0.4, -0.2) is 59.9 Å². The number of amides is 1. The van der Waals surface area contributed by atoms with Crippen molar-refractivity contribution in [1.82, 2.24) is 10.6 Å². The summed E-state index contributed by atoms with van der Waals surface area (Å²) in [6.45, 7) is 15.0. The Hall–Kier alpha value is -1.67. The quantitative estimate of drug-likeness (QED) is 0.580. The zero-order valence-electron chi connectivity index (χ0n) is 18.8. The molecule has 0 bridgehead atoms. The zero-order valence-corrected chi connectivity index (χ0v) is 18.8. The van der Waals surface area contributed by atoms with Crippen molar-refractivity contribution in [3.63, 3.8) is 0 Å². The molecule has 1 amide bonds. The van der Waals surface area contributed by atoms with Crippen LogP contribution in [0.25, 0.3) is 0 Å². The van der Waals surface area contributed by atoms with Crippen molar-refractivity contribution in [2.75, 3.05) is 13.2 Å². The minimum atomic E-state index is -0.581. The van der Waals surface area contributed by atoms with Crippen molar-refractivity contribution in [1.29, 1.82) is 0 Å². The van der Waals surface area contributed by atoms with Gasteiger partial charge in [-0.25, -0.2) is 9.59 Å². The number of carbonyl (C=O) groups excluding carboxylic acids is 3. The molecular weight excluding hydrogens is 364 g/mol. The third-order valence-corrected chi connectivity index (χ3v) is 3.29. The van der Waals surface area contributed by atoms with Crippen LogP contribution in [0.1, 0.15) is 74.7 Å². The maximum Gasteiger partial charge on any atom is 0.332 e. The maximum absolute atomic E-state index is 11.8. The zero-order chi connectivity index (χ0) is 22.3. The van der Waals surface area contributed by atoms with Crippen molar-refractivity contribution in [3.8, 4) is 0 Å². The number of rotatable bonds is 6. The highest BCUT2D eigenvalue weighted by Crippen LogP contribution is 2.07. The number of aliphatic hydroxyl groups excluding tert-OH is 1. The Morgan fingerprint density at radius 1 is 1.21 bits per heavy atom. The summed E-state index contributed by atoms with van der Waals surface area (Å²) in [5.74, 6) is -1.04. The average molecular weight is 405 g/mol. The standard InChI is InChI=1S/C12H22N2O3.C6H12O3.C2H6/c1-4-9(12(16)17-8(2)3)14-11(15)10-6-5-7-13-10;1-6(2,3)9-5(8)4-7;1-2/h8-10,13H,4-7H2,1-3H3,(H,14,15);7H,4H2,1-3H3;1-2H3/t9-,10-;;/m0../s1. The Bertz CT molecular complexity index is 454. The molecule has 1 aliphatic rings. The average Bonchev–Trinajstić information content (AvgIpc) is 3.14. The second-order valence-electron chi connectivity index (χ2n) is 7.35. The predicted molar refractivity (Wildman–Crippen MR) is 109 cm³/mol. The van der Waals surface area contributed by atoms with Gasteiger partial charge in [0.15, 0.2) is 0 Å². The minimum absolute atomic E-state index is 0.102. The van der Waals surface area contributed by atoms with Crippen LogP contribution in [-0.2, 0) is 23.9 Å². The number of carbonyl (C=O) groups is 3. The van der Waals surface area contributed by atoms with Gasteiger partial charge in [0.1, 0.15) is 18.2 Å². The Morgan fingerprint density at radius 3 is 2.11 bits per heavy atom. The first-order valence-electron chi connectivity index (χ1n) is 10.1. The highest BCUT2D eigenvalue weighted by atomic mass is 16.6. The number of ether oxygens (including phenoxy) is 2. The van der Waals surface area contributed by atoms with E-state index in [1.54, 1.807) is 34.6 Å². The molecule has 8 nitrogen and oxygen atoms in total. The van der Waals surface area contributed by atoms with E-state index in [1.807, 2.05) is 20.8 Å². The lowest BCUT2D eigenvalue weighted by Crippen LogP contribution is -2.48. The topological polar surface area (TPSA) is 114 Å². The molecule has 0 unspecified atom stereocenters. The monoisotopic (exact) mass is 404 g/mol. The molecule has 8 heteroatoms. The summed E-state index contributed by atoms with van der Waals surface area (Å²) in [5.41, 5.74) is -0.486. The molecule has 1 heterocycles. The highest BCUT2D eigenvalue weighted by Gasteiger charge is 2.27. The number of nitrogens with one attached hydrogen (secondary N) is 2. The summed E-state index contributed by atoms with van der Waals surface area (Å²) < 4.78 is 9.79. The molecule has 0 aromatic carbocycles. The van der Waals surface area contributed by atoms with Crippen molar-refractivity contribution >= 4 is 17.8 Å². The lowest BCUT2D eigenvalue weighted by molar-refractivity contribution is -0.158. The van der Waals surface area contributed by atoms with E-state index in [1.165, 1.54) is 0 Å². The third kappa shape index (κ3) is 14.4. The van der Waals surface area contributed by atoms with Gasteiger partial charge in [-0.1, -0.05) is 20.8 Å². The summed E-state index contributed by atoms with van der Waals surface area (Å²) in [4.78, 5) is 33.9. The van der Waals surface area contributed by atoms with E-state index in [2.05, 4.69) is 10.6 Å². The van der Waals surface area contributed by atoms with Gasteiger partial charge in [0.05, 0.1) is 12.1 Å². The van der Waals surface area contributed by atoms with E-state index >= 15 is 0 Å². The second kappa shape index (κ2) is 15.3. The van der Waals surface area contributed by atoms with Gasteiger partial charge >= 0.3 is 11.9 Å². The van der Waals surface area contributed by atoms with Crippen LogP contribution in [0.4, 0.5) is 0 Å². The first-order chi connectivity index (χ1) is 13.0. The van der Waals surface area contributed by atoms with Crippen molar-refractivity contribution < 1.29 is 29.0 Å². The van der Waals surface area contributed by atoms with E-state index < -0.39 is 24.2 Å². The van der Waals surface area contributed by atoms with Crippen LogP contribution < -0.4 is 10.6 Å². The molecule has 1 aliphatic heterocycles. The van der Waals surface area contributed by atoms with Gasteiger partial charge in [0.25, 0.3) is 0 Å². The molecule has 1 fully saturated rings. The van der Waals surface area contributed by atoms with Gasteiger partial charge in [0.2, 0.25) is 5.91 Å². The van der Waals surface area contributed by atoms with Crippen LogP contribution in [0.5, 0.6) is 0 Å². The van der Waals surface area contributed by atoms with E-state index in [4.69, 9.17) is 14.6 Å². The fourth-order valence-corrected chi connectivity index (χ4v) is 2.20. The summed E-state index contributed by atoms with van der Waals surface area (Å²) >= 11 is 0. The molecule has 1 saturated heterocycles. The fourth-order valence-electron chi connectivity index (χ4n) is 2.20. The lowest BCUT2D eigenvalue weighted by Gasteiger charge is -2.19. The number of esters is 2. The minimum Gasteiger partial charge on any atom is -0.461 e. The molecule has 2 atom stereocenters. The first kappa shape index (κ1) is 28.5. The molecular formula is C20H40N2O6. The molecule has 3 N–H and O–H groups in total. The van der Waals surface area contributed by atoms with Crippen LogP contribution in [0.2, 0.25) is 0 Å². The van der Waals surface area contributed by atoms with Gasteiger partial charge in [-0.05, 0) is 60.4 Å². The lowest BCUT2D eigenvalue weighted by atomic mass is 10.1. The fraction of sp³-hybridized carbons (Fsp3) is 0.850. The first-order valence-corrected chi connectivity index (χ1v) is 10.1. The Labute approximate surface area is 169 Å². The van der Waals surface area contributed by atoms with Gasteiger partial charge in [-0.3, -0.25) is 4.79 Å². The Morgan fingerprint density at radius 2 is 1.79 bits per heavy atom. The van der Waals surface area contributed by atoms with E-state index in [-0.39, 0.29) is 24.0 Å². The molecule has 166 valence electrons. The SMILES string of the molecule is CC.CC(C)(C)OC(=O)CO.CC[C@H](NC(=O)[C@@H]1CCCN1)C(=O)OC(C)C. The predicted octanol–water partition coefficient (Wildman–Crippen LogP) is 1.93. The largest absolute Gasteiger partial charge is 0.461 e. The van der Waals surface area contributed by atoms with E-state index in [9.17, 15) is 14.4 Å². The smallest absolute Gasteiger partial charge is 0.332 e. The summed E-state index contributed by atoms with van der Waals surface area (Å²) in [6.07, 6.45) is 2.23. The van der Waals surface area contributed by atoms with Crippen LogP contribution in [0.15, 0.2) is 0 Å². The van der Waals surface area contributed by atoms with Gasteiger partial charge in [-0.2, -0.15) is 0 Å². The van der Waals surface area contributed by atoms with Crippen molar-refractivity contribution in [2.24, 2.45) is 0 Å². The van der Waals surface area contributed by atoms with Gasteiger partial charge < -0.3 is 25.2 Å². The Kier molecular flexibility index (Phi) is 15.6. The molecule has 0 aromatic rings. The van der Waals surface area contributed by atoms with Crippen LogP contribution in [0.3, 0.4) is 0 Å². The van der Waals surface area contributed by atoms with Crippen LogP contribution >= 0.6 is 0 Å². The van der Waals surface area contributed by atoms with Crippen molar-refractivity contribution in [2.45, 2.75) is 98.4 Å². The molecule has 0 saturated carbocycles.